The Morgan fingerprint density at radius 2 is 1.69 bits per heavy atom. The molecule has 2 N–H and O–H groups in total. The van der Waals surface area contributed by atoms with Gasteiger partial charge in [-0.1, -0.05) is 23.7 Å². The standard InChI is InChI=1S/C20H21ClN2O5S/c1-14(25)22-17-6-8-18(9-7-17)29(27,28)23(12-13-24)19(26)20(10-11-20)15-2-4-16(21)5-3-15/h2-9,24H,10-13H2,1H3,(H,22,25). The summed E-state index contributed by atoms with van der Waals surface area (Å²) >= 11 is 5.92. The molecule has 0 heterocycles. The van der Waals surface area contributed by atoms with Gasteiger partial charge in [-0.05, 0) is 54.8 Å². The summed E-state index contributed by atoms with van der Waals surface area (Å²) in [4.78, 5) is 24.3. The van der Waals surface area contributed by atoms with Gasteiger partial charge in [0.2, 0.25) is 11.8 Å². The van der Waals surface area contributed by atoms with E-state index in [2.05, 4.69) is 5.32 Å². The number of amides is 2. The van der Waals surface area contributed by atoms with E-state index in [9.17, 15) is 23.1 Å². The number of carbonyl (C=O) groups excluding carboxylic acids is 2. The number of hydrogen-bond donors (Lipinski definition) is 2. The van der Waals surface area contributed by atoms with Crippen molar-refractivity contribution in [3.63, 3.8) is 0 Å². The molecular formula is C20H21ClN2O5S. The number of nitrogens with zero attached hydrogens (tertiary/aromatic N) is 1. The Hall–Kier alpha value is -2.42. The van der Waals surface area contributed by atoms with E-state index in [4.69, 9.17) is 11.6 Å². The van der Waals surface area contributed by atoms with Gasteiger partial charge in [-0.3, -0.25) is 9.59 Å². The molecule has 7 nitrogen and oxygen atoms in total. The lowest BCUT2D eigenvalue weighted by atomic mass is 9.95. The molecule has 0 atom stereocenters. The van der Waals surface area contributed by atoms with Gasteiger partial charge >= 0.3 is 0 Å². The molecule has 29 heavy (non-hydrogen) atoms. The fraction of sp³-hybridized carbons (Fsp3) is 0.300. The van der Waals surface area contributed by atoms with Crippen LogP contribution in [0.25, 0.3) is 0 Å². The number of sulfonamides is 1. The van der Waals surface area contributed by atoms with Gasteiger partial charge in [-0.15, -0.1) is 0 Å². The quantitative estimate of drug-likeness (QED) is 0.694. The fourth-order valence-electron chi connectivity index (χ4n) is 3.22. The highest BCUT2D eigenvalue weighted by Gasteiger charge is 2.55. The van der Waals surface area contributed by atoms with Crippen LogP contribution in [0, 0.1) is 0 Å². The molecule has 2 aromatic carbocycles. The number of aliphatic hydroxyl groups is 1. The number of rotatable bonds is 7. The monoisotopic (exact) mass is 436 g/mol. The van der Waals surface area contributed by atoms with E-state index >= 15 is 0 Å². The maximum absolute atomic E-state index is 13.3. The Labute approximate surface area is 174 Å². The van der Waals surface area contributed by atoms with Gasteiger partial charge in [-0.2, -0.15) is 0 Å². The van der Waals surface area contributed by atoms with E-state index in [-0.39, 0.29) is 17.3 Å². The van der Waals surface area contributed by atoms with Crippen LogP contribution in [0.4, 0.5) is 5.69 Å². The Morgan fingerprint density at radius 3 is 2.17 bits per heavy atom. The zero-order chi connectivity index (χ0) is 21.2. The summed E-state index contributed by atoms with van der Waals surface area (Å²) in [6.07, 6.45) is 1.04. The van der Waals surface area contributed by atoms with Gasteiger partial charge in [-0.25, -0.2) is 12.7 Å². The average Bonchev–Trinajstić information content (AvgIpc) is 3.48. The molecule has 1 aliphatic rings. The minimum absolute atomic E-state index is 0.0969. The van der Waals surface area contributed by atoms with Crippen LogP contribution in [0.5, 0.6) is 0 Å². The fourth-order valence-corrected chi connectivity index (χ4v) is 4.80. The topological polar surface area (TPSA) is 104 Å². The van der Waals surface area contributed by atoms with Crippen LogP contribution in [-0.4, -0.2) is 42.8 Å². The number of anilines is 1. The van der Waals surface area contributed by atoms with Crippen LogP contribution in [0.2, 0.25) is 5.02 Å². The first-order chi connectivity index (χ1) is 13.7. The molecule has 0 unspecified atom stereocenters. The normalized spacial score (nSPS) is 14.9. The van der Waals surface area contributed by atoms with Crippen molar-refractivity contribution in [2.75, 3.05) is 18.5 Å². The molecule has 0 saturated heterocycles. The number of aliphatic hydroxyl groups excluding tert-OH is 1. The summed E-state index contributed by atoms with van der Waals surface area (Å²) in [5, 5.41) is 12.5. The molecule has 2 amide bonds. The molecule has 0 bridgehead atoms. The minimum Gasteiger partial charge on any atom is -0.394 e. The van der Waals surface area contributed by atoms with E-state index in [1.54, 1.807) is 24.3 Å². The summed E-state index contributed by atoms with van der Waals surface area (Å²) in [6.45, 7) is 0.508. The van der Waals surface area contributed by atoms with Crippen molar-refractivity contribution in [1.82, 2.24) is 4.31 Å². The van der Waals surface area contributed by atoms with E-state index in [0.717, 1.165) is 4.31 Å². The molecule has 9 heteroatoms. The predicted octanol–water partition coefficient (Wildman–Crippen LogP) is 2.54. The highest BCUT2D eigenvalue weighted by atomic mass is 35.5. The number of benzene rings is 2. The van der Waals surface area contributed by atoms with Crippen LogP contribution >= 0.6 is 11.6 Å². The Morgan fingerprint density at radius 1 is 1.10 bits per heavy atom. The van der Waals surface area contributed by atoms with E-state index < -0.39 is 28.0 Å². The number of halogens is 1. The summed E-state index contributed by atoms with van der Waals surface area (Å²) in [5.74, 6) is -0.851. The lowest BCUT2D eigenvalue weighted by Gasteiger charge is -2.27. The van der Waals surface area contributed by atoms with Crippen molar-refractivity contribution in [2.45, 2.75) is 30.1 Å². The molecule has 1 fully saturated rings. The lowest BCUT2D eigenvalue weighted by molar-refractivity contribution is -0.129. The molecular weight excluding hydrogens is 416 g/mol. The smallest absolute Gasteiger partial charge is 0.266 e. The Kier molecular flexibility index (Phi) is 5.97. The van der Waals surface area contributed by atoms with Crippen molar-refractivity contribution in [2.24, 2.45) is 0 Å². The summed E-state index contributed by atoms with van der Waals surface area (Å²) in [5.41, 5.74) is 0.213. The second kappa shape index (κ2) is 8.14. The third-order valence-electron chi connectivity index (χ3n) is 4.85. The SMILES string of the molecule is CC(=O)Nc1ccc(S(=O)(=O)N(CCO)C(=O)C2(c3ccc(Cl)cc3)CC2)cc1. The first kappa shape index (κ1) is 21.3. The van der Waals surface area contributed by atoms with E-state index in [0.29, 0.717) is 29.1 Å². The van der Waals surface area contributed by atoms with Crippen molar-refractivity contribution < 1.29 is 23.1 Å². The first-order valence-corrected chi connectivity index (χ1v) is 10.8. The maximum Gasteiger partial charge on any atom is 0.266 e. The van der Waals surface area contributed by atoms with Crippen molar-refractivity contribution in [1.29, 1.82) is 0 Å². The second-order valence-electron chi connectivity index (χ2n) is 6.90. The molecule has 0 spiro atoms. The van der Waals surface area contributed by atoms with Crippen molar-refractivity contribution in [3.8, 4) is 0 Å². The molecule has 154 valence electrons. The van der Waals surface area contributed by atoms with Crippen molar-refractivity contribution in [3.05, 3.63) is 59.1 Å². The first-order valence-electron chi connectivity index (χ1n) is 9.02. The minimum atomic E-state index is -4.18. The van der Waals surface area contributed by atoms with Crippen LogP contribution in [0.1, 0.15) is 25.3 Å². The van der Waals surface area contributed by atoms with Gasteiger partial charge in [0.1, 0.15) is 0 Å². The van der Waals surface area contributed by atoms with Crippen LogP contribution in [0.15, 0.2) is 53.4 Å². The Bertz CT molecular complexity index is 1020. The van der Waals surface area contributed by atoms with E-state index in [1.807, 2.05) is 0 Å². The maximum atomic E-state index is 13.3. The summed E-state index contributed by atoms with van der Waals surface area (Å²) < 4.78 is 27.0. The third kappa shape index (κ3) is 4.29. The average molecular weight is 437 g/mol. The molecule has 1 saturated carbocycles. The molecule has 0 aromatic heterocycles. The summed E-state index contributed by atoms with van der Waals surface area (Å²) in [6, 6.07) is 12.3. The van der Waals surface area contributed by atoms with E-state index in [1.165, 1.54) is 31.2 Å². The van der Waals surface area contributed by atoms with Gasteiger partial charge in [0, 0.05) is 17.6 Å². The van der Waals surface area contributed by atoms with Crippen LogP contribution in [0.3, 0.4) is 0 Å². The van der Waals surface area contributed by atoms with Gasteiger partial charge < -0.3 is 10.4 Å². The highest BCUT2D eigenvalue weighted by molar-refractivity contribution is 7.89. The molecule has 2 aromatic rings. The summed E-state index contributed by atoms with van der Waals surface area (Å²) in [7, 11) is -4.18. The molecule has 3 rings (SSSR count). The zero-order valence-corrected chi connectivity index (χ0v) is 17.3. The molecule has 0 radical (unpaired) electrons. The van der Waals surface area contributed by atoms with Crippen LogP contribution in [-0.2, 0) is 25.0 Å². The molecule has 1 aliphatic carbocycles. The second-order valence-corrected chi connectivity index (χ2v) is 9.20. The number of nitrogens with one attached hydrogen (secondary N) is 1. The largest absolute Gasteiger partial charge is 0.394 e. The third-order valence-corrected chi connectivity index (χ3v) is 6.90. The number of carbonyl (C=O) groups is 2. The highest BCUT2D eigenvalue weighted by Crippen LogP contribution is 2.50. The Balaban J connectivity index is 1.93. The lowest BCUT2D eigenvalue weighted by Crippen LogP contribution is -2.44. The van der Waals surface area contributed by atoms with Crippen molar-refractivity contribution >= 4 is 39.1 Å². The van der Waals surface area contributed by atoms with Gasteiger partial charge in [0.15, 0.2) is 0 Å². The molecule has 0 aliphatic heterocycles. The van der Waals surface area contributed by atoms with Gasteiger partial charge in [0.05, 0.1) is 23.5 Å². The van der Waals surface area contributed by atoms with Gasteiger partial charge in [0.25, 0.3) is 10.0 Å². The van der Waals surface area contributed by atoms with Crippen LogP contribution < -0.4 is 5.32 Å². The predicted molar refractivity (Wildman–Crippen MR) is 109 cm³/mol. The number of hydrogen-bond acceptors (Lipinski definition) is 5. The zero-order valence-electron chi connectivity index (χ0n) is 15.8.